The summed E-state index contributed by atoms with van der Waals surface area (Å²) in [7, 11) is 1.61. The van der Waals surface area contributed by atoms with Gasteiger partial charge in [-0.2, -0.15) is 0 Å². The Hall–Kier alpha value is -2.18. The van der Waals surface area contributed by atoms with Gasteiger partial charge < -0.3 is 10.1 Å². The lowest BCUT2D eigenvalue weighted by molar-refractivity contribution is -0.115. The van der Waals surface area contributed by atoms with E-state index in [1.54, 1.807) is 13.2 Å². The predicted octanol–water partition coefficient (Wildman–Crippen LogP) is 4.60. The SMILES string of the molecule is COc1ccc(C=CC(=O)NC(=S)Nc2c(C)cc(Br)cc2C)cc1. The van der Waals surface area contributed by atoms with E-state index < -0.39 is 0 Å². The maximum absolute atomic E-state index is 12.0. The van der Waals surface area contributed by atoms with Gasteiger partial charge >= 0.3 is 0 Å². The number of anilines is 1. The Bertz CT molecular complexity index is 794. The van der Waals surface area contributed by atoms with Crippen molar-refractivity contribution >= 4 is 50.9 Å². The van der Waals surface area contributed by atoms with Gasteiger partial charge in [-0.05, 0) is 73.1 Å². The fourth-order valence-corrected chi connectivity index (χ4v) is 3.18. The van der Waals surface area contributed by atoms with Crippen molar-refractivity contribution in [3.05, 3.63) is 63.6 Å². The molecule has 6 heteroatoms. The van der Waals surface area contributed by atoms with Crippen molar-refractivity contribution in [1.29, 1.82) is 0 Å². The first kappa shape index (κ1) is 19.1. The summed E-state index contributed by atoms with van der Waals surface area (Å²) in [6.45, 7) is 3.96. The van der Waals surface area contributed by atoms with Gasteiger partial charge in [0.25, 0.3) is 0 Å². The molecule has 2 aromatic rings. The first-order chi connectivity index (χ1) is 11.9. The third-order valence-corrected chi connectivity index (χ3v) is 4.18. The third-order valence-electron chi connectivity index (χ3n) is 3.52. The van der Waals surface area contributed by atoms with Gasteiger partial charge in [0, 0.05) is 16.2 Å². The summed E-state index contributed by atoms with van der Waals surface area (Å²) in [5.41, 5.74) is 3.87. The average Bonchev–Trinajstić information content (AvgIpc) is 2.56. The summed E-state index contributed by atoms with van der Waals surface area (Å²) in [4.78, 5) is 12.0. The lowest BCUT2D eigenvalue weighted by atomic mass is 10.1. The molecule has 0 aromatic heterocycles. The molecule has 0 spiro atoms. The van der Waals surface area contributed by atoms with Gasteiger partial charge in [0.2, 0.25) is 5.91 Å². The van der Waals surface area contributed by atoms with Crippen molar-refractivity contribution in [1.82, 2.24) is 5.32 Å². The number of ether oxygens (including phenoxy) is 1. The van der Waals surface area contributed by atoms with Crippen molar-refractivity contribution in [2.75, 3.05) is 12.4 Å². The molecule has 0 fully saturated rings. The lowest BCUT2D eigenvalue weighted by Crippen LogP contribution is -2.33. The molecule has 2 rings (SSSR count). The molecule has 1 amide bonds. The van der Waals surface area contributed by atoms with Crippen LogP contribution in [0.15, 0.2) is 46.9 Å². The molecule has 0 unspecified atom stereocenters. The summed E-state index contributed by atoms with van der Waals surface area (Å²) >= 11 is 8.68. The highest BCUT2D eigenvalue weighted by Gasteiger charge is 2.07. The number of thiocarbonyl (C=S) groups is 1. The Balaban J connectivity index is 1.96. The molecule has 0 aliphatic rings. The summed E-state index contributed by atoms with van der Waals surface area (Å²) in [6, 6.07) is 11.4. The van der Waals surface area contributed by atoms with E-state index >= 15 is 0 Å². The molecule has 2 aromatic carbocycles. The molecule has 2 N–H and O–H groups in total. The van der Waals surface area contributed by atoms with Gasteiger partial charge in [0.15, 0.2) is 5.11 Å². The van der Waals surface area contributed by atoms with E-state index in [-0.39, 0.29) is 11.0 Å². The minimum absolute atomic E-state index is 0.262. The zero-order chi connectivity index (χ0) is 18.4. The van der Waals surface area contributed by atoms with Crippen molar-refractivity contribution in [2.45, 2.75) is 13.8 Å². The van der Waals surface area contributed by atoms with Crippen LogP contribution in [0.3, 0.4) is 0 Å². The second-order valence-electron chi connectivity index (χ2n) is 5.46. The van der Waals surface area contributed by atoms with Crippen LogP contribution in [0.1, 0.15) is 16.7 Å². The van der Waals surface area contributed by atoms with Crippen LogP contribution in [0, 0.1) is 13.8 Å². The first-order valence-corrected chi connectivity index (χ1v) is 8.80. The number of aryl methyl sites for hydroxylation is 2. The highest BCUT2D eigenvalue weighted by molar-refractivity contribution is 9.10. The lowest BCUT2D eigenvalue weighted by Gasteiger charge is -2.14. The van der Waals surface area contributed by atoms with Gasteiger partial charge in [-0.15, -0.1) is 0 Å². The van der Waals surface area contributed by atoms with Crippen LogP contribution in [0.2, 0.25) is 0 Å². The number of hydrogen-bond acceptors (Lipinski definition) is 3. The number of hydrogen-bond donors (Lipinski definition) is 2. The van der Waals surface area contributed by atoms with E-state index in [0.29, 0.717) is 0 Å². The largest absolute Gasteiger partial charge is 0.497 e. The van der Waals surface area contributed by atoms with Crippen molar-refractivity contribution in [3.8, 4) is 5.75 Å². The van der Waals surface area contributed by atoms with Crippen molar-refractivity contribution in [2.24, 2.45) is 0 Å². The summed E-state index contributed by atoms with van der Waals surface area (Å²) < 4.78 is 6.10. The minimum atomic E-state index is -0.291. The maximum Gasteiger partial charge on any atom is 0.250 e. The molecule has 0 aliphatic carbocycles. The minimum Gasteiger partial charge on any atom is -0.497 e. The number of nitrogens with one attached hydrogen (secondary N) is 2. The Labute approximate surface area is 161 Å². The van der Waals surface area contributed by atoms with E-state index in [1.807, 2.05) is 50.2 Å². The van der Waals surface area contributed by atoms with Crippen molar-refractivity contribution < 1.29 is 9.53 Å². The molecular weight excluding hydrogens is 400 g/mol. The van der Waals surface area contributed by atoms with Crippen LogP contribution in [-0.2, 0) is 4.79 Å². The average molecular weight is 419 g/mol. The van der Waals surface area contributed by atoms with Crippen LogP contribution >= 0.6 is 28.1 Å². The number of benzene rings is 2. The number of halogens is 1. The van der Waals surface area contributed by atoms with E-state index in [2.05, 4.69) is 26.6 Å². The predicted molar refractivity (Wildman–Crippen MR) is 110 cm³/mol. The topological polar surface area (TPSA) is 50.4 Å². The fourth-order valence-electron chi connectivity index (χ4n) is 2.29. The number of carbonyl (C=O) groups excluding carboxylic acids is 1. The van der Waals surface area contributed by atoms with E-state index in [1.165, 1.54) is 6.08 Å². The number of methoxy groups -OCH3 is 1. The second kappa shape index (κ2) is 8.78. The van der Waals surface area contributed by atoms with Crippen LogP contribution in [0.4, 0.5) is 5.69 Å². The highest BCUT2D eigenvalue weighted by atomic mass is 79.9. The molecule has 0 radical (unpaired) electrons. The third kappa shape index (κ3) is 5.69. The zero-order valence-electron chi connectivity index (χ0n) is 14.2. The highest BCUT2D eigenvalue weighted by Crippen LogP contribution is 2.25. The first-order valence-electron chi connectivity index (χ1n) is 7.60. The van der Waals surface area contributed by atoms with Crippen LogP contribution < -0.4 is 15.4 Å². The normalized spacial score (nSPS) is 10.6. The molecule has 0 saturated carbocycles. The number of rotatable bonds is 4. The quantitative estimate of drug-likeness (QED) is 0.562. The van der Waals surface area contributed by atoms with Crippen molar-refractivity contribution in [3.63, 3.8) is 0 Å². The Kier molecular flexibility index (Phi) is 6.73. The molecule has 130 valence electrons. The van der Waals surface area contributed by atoms with Crippen LogP contribution in [-0.4, -0.2) is 18.1 Å². The maximum atomic E-state index is 12.0. The molecule has 4 nitrogen and oxygen atoms in total. The van der Waals surface area contributed by atoms with Gasteiger partial charge in [-0.1, -0.05) is 28.1 Å². The standard InChI is InChI=1S/C19H19BrN2O2S/c1-12-10-15(20)11-13(2)18(12)22-19(25)21-17(23)9-6-14-4-7-16(24-3)8-5-14/h4-11H,1-3H3,(H2,21,22,23,25). The molecular formula is C19H19BrN2O2S. The van der Waals surface area contributed by atoms with Crippen LogP contribution in [0.25, 0.3) is 6.08 Å². The number of carbonyl (C=O) groups is 1. The summed E-state index contributed by atoms with van der Waals surface area (Å²) in [5.74, 6) is 0.480. The van der Waals surface area contributed by atoms with E-state index in [0.717, 1.165) is 32.6 Å². The summed E-state index contributed by atoms with van der Waals surface area (Å²) in [5, 5.41) is 5.99. The molecule has 0 heterocycles. The van der Waals surface area contributed by atoms with E-state index in [9.17, 15) is 4.79 Å². The van der Waals surface area contributed by atoms with Gasteiger partial charge in [0.05, 0.1) is 7.11 Å². The molecule has 0 bridgehead atoms. The Morgan fingerprint density at radius 3 is 2.32 bits per heavy atom. The van der Waals surface area contributed by atoms with Crippen LogP contribution in [0.5, 0.6) is 5.75 Å². The number of amides is 1. The molecule has 0 saturated heterocycles. The smallest absolute Gasteiger partial charge is 0.250 e. The van der Waals surface area contributed by atoms with Gasteiger partial charge in [-0.3, -0.25) is 10.1 Å². The van der Waals surface area contributed by atoms with Gasteiger partial charge in [0.1, 0.15) is 5.75 Å². The molecule has 0 aliphatic heterocycles. The summed E-state index contributed by atoms with van der Waals surface area (Å²) in [6.07, 6.45) is 3.16. The fraction of sp³-hybridized carbons (Fsp3) is 0.158. The monoisotopic (exact) mass is 418 g/mol. The van der Waals surface area contributed by atoms with E-state index in [4.69, 9.17) is 17.0 Å². The Morgan fingerprint density at radius 1 is 1.16 bits per heavy atom. The zero-order valence-corrected chi connectivity index (χ0v) is 16.6. The Morgan fingerprint density at radius 2 is 1.76 bits per heavy atom. The van der Waals surface area contributed by atoms with Gasteiger partial charge in [-0.25, -0.2) is 0 Å². The second-order valence-corrected chi connectivity index (χ2v) is 6.79. The molecule has 25 heavy (non-hydrogen) atoms. The molecule has 0 atom stereocenters.